The number of amides is 1. The fourth-order valence-electron chi connectivity index (χ4n) is 2.78. The highest BCUT2D eigenvalue weighted by Gasteiger charge is 2.24. The smallest absolute Gasteiger partial charge is 0.255 e. The van der Waals surface area contributed by atoms with Crippen molar-refractivity contribution in [2.75, 3.05) is 32.6 Å². The first-order chi connectivity index (χ1) is 11.9. The number of thioether (sulfide) groups is 1. The molecule has 1 aliphatic rings. The van der Waals surface area contributed by atoms with Gasteiger partial charge in [0.05, 0.1) is 23.7 Å². The SMILES string of the molecule is CCCC(C)NS(=O)(=O)c1ccc(SC)c(C(=O)N2CCOCC2)c1. The van der Waals surface area contributed by atoms with Gasteiger partial charge in [-0.3, -0.25) is 4.79 Å². The predicted octanol–water partition coefficient (Wildman–Crippen LogP) is 2.35. The number of carbonyl (C=O) groups is 1. The van der Waals surface area contributed by atoms with Gasteiger partial charge >= 0.3 is 0 Å². The maximum absolute atomic E-state index is 12.8. The maximum atomic E-state index is 12.8. The summed E-state index contributed by atoms with van der Waals surface area (Å²) in [6, 6.07) is 4.61. The van der Waals surface area contributed by atoms with Crippen molar-refractivity contribution in [1.29, 1.82) is 0 Å². The molecule has 1 aromatic carbocycles. The number of rotatable bonds is 7. The third kappa shape index (κ3) is 5.20. The Labute approximate surface area is 154 Å². The number of carbonyl (C=O) groups excluding carboxylic acids is 1. The van der Waals surface area contributed by atoms with Crippen LogP contribution in [0.2, 0.25) is 0 Å². The van der Waals surface area contributed by atoms with E-state index in [1.54, 1.807) is 17.0 Å². The molecule has 0 bridgehead atoms. The molecular formula is C17H26N2O4S2. The van der Waals surface area contributed by atoms with Crippen molar-refractivity contribution >= 4 is 27.7 Å². The van der Waals surface area contributed by atoms with Gasteiger partial charge < -0.3 is 9.64 Å². The number of benzene rings is 1. The lowest BCUT2D eigenvalue weighted by Gasteiger charge is -2.27. The Morgan fingerprint density at radius 2 is 2.04 bits per heavy atom. The molecule has 140 valence electrons. The minimum Gasteiger partial charge on any atom is -0.378 e. The summed E-state index contributed by atoms with van der Waals surface area (Å²) in [5.74, 6) is -0.147. The summed E-state index contributed by atoms with van der Waals surface area (Å²) in [5, 5.41) is 0. The quantitative estimate of drug-likeness (QED) is 0.728. The molecule has 1 saturated heterocycles. The molecule has 1 heterocycles. The van der Waals surface area contributed by atoms with Crippen LogP contribution in [0.15, 0.2) is 28.0 Å². The zero-order valence-electron chi connectivity index (χ0n) is 14.9. The summed E-state index contributed by atoms with van der Waals surface area (Å²) in [7, 11) is -3.65. The summed E-state index contributed by atoms with van der Waals surface area (Å²) in [4.78, 5) is 15.4. The molecule has 0 radical (unpaired) electrons. The molecule has 1 atom stereocenters. The highest BCUT2D eigenvalue weighted by molar-refractivity contribution is 7.98. The fraction of sp³-hybridized carbons (Fsp3) is 0.588. The predicted molar refractivity (Wildman–Crippen MR) is 99.6 cm³/mol. The van der Waals surface area contributed by atoms with Crippen LogP contribution >= 0.6 is 11.8 Å². The van der Waals surface area contributed by atoms with Crippen molar-refractivity contribution in [1.82, 2.24) is 9.62 Å². The number of hydrogen-bond acceptors (Lipinski definition) is 5. The Morgan fingerprint density at radius 3 is 2.64 bits per heavy atom. The molecule has 2 rings (SSSR count). The van der Waals surface area contributed by atoms with Crippen molar-refractivity contribution in [3.63, 3.8) is 0 Å². The Balaban J connectivity index is 2.31. The van der Waals surface area contributed by atoms with E-state index in [1.165, 1.54) is 17.8 Å². The van der Waals surface area contributed by atoms with Crippen molar-refractivity contribution in [2.24, 2.45) is 0 Å². The van der Waals surface area contributed by atoms with Gasteiger partial charge in [-0.25, -0.2) is 13.1 Å². The second kappa shape index (κ2) is 9.02. The van der Waals surface area contributed by atoms with Crippen LogP contribution in [0.1, 0.15) is 37.0 Å². The zero-order chi connectivity index (χ0) is 18.4. The van der Waals surface area contributed by atoms with Crippen LogP contribution in [0, 0.1) is 0 Å². The minimum absolute atomic E-state index is 0.130. The van der Waals surface area contributed by atoms with Gasteiger partial charge in [0.1, 0.15) is 0 Å². The molecule has 1 N–H and O–H groups in total. The van der Waals surface area contributed by atoms with Gasteiger partial charge in [0.25, 0.3) is 5.91 Å². The number of sulfonamides is 1. The van der Waals surface area contributed by atoms with Gasteiger partial charge in [0.2, 0.25) is 10.0 Å². The molecule has 25 heavy (non-hydrogen) atoms. The lowest BCUT2D eigenvalue weighted by atomic mass is 10.2. The topological polar surface area (TPSA) is 75.7 Å². The second-order valence-corrected chi connectivity index (χ2v) is 8.64. The molecule has 1 aromatic rings. The summed E-state index contributed by atoms with van der Waals surface area (Å²) in [5.41, 5.74) is 0.431. The highest BCUT2D eigenvalue weighted by Crippen LogP contribution is 2.25. The van der Waals surface area contributed by atoms with Gasteiger partial charge in [0, 0.05) is 24.0 Å². The Morgan fingerprint density at radius 1 is 1.36 bits per heavy atom. The molecule has 0 aliphatic carbocycles. The van der Waals surface area contributed by atoms with Crippen molar-refractivity contribution < 1.29 is 17.9 Å². The highest BCUT2D eigenvalue weighted by atomic mass is 32.2. The van der Waals surface area contributed by atoms with E-state index in [2.05, 4.69) is 4.72 Å². The second-order valence-electron chi connectivity index (χ2n) is 6.08. The third-order valence-corrected chi connectivity index (χ3v) is 6.47. The molecule has 1 unspecified atom stereocenters. The number of nitrogens with zero attached hydrogens (tertiary/aromatic N) is 1. The largest absolute Gasteiger partial charge is 0.378 e. The molecule has 8 heteroatoms. The van der Waals surface area contributed by atoms with Crippen molar-refractivity contribution in [2.45, 2.75) is 42.5 Å². The molecule has 0 aromatic heterocycles. The normalized spacial score (nSPS) is 16.7. The summed E-state index contributed by atoms with van der Waals surface area (Å²) < 4.78 is 33.2. The molecule has 1 aliphatic heterocycles. The van der Waals surface area contributed by atoms with Crippen molar-refractivity contribution in [3.8, 4) is 0 Å². The van der Waals surface area contributed by atoms with E-state index in [9.17, 15) is 13.2 Å². The number of hydrogen-bond donors (Lipinski definition) is 1. The number of morpholine rings is 1. The number of ether oxygens (including phenoxy) is 1. The van der Waals surface area contributed by atoms with Crippen LogP contribution in [0.5, 0.6) is 0 Å². The van der Waals surface area contributed by atoms with E-state index >= 15 is 0 Å². The van der Waals surface area contributed by atoms with Gasteiger partial charge in [0.15, 0.2) is 0 Å². The maximum Gasteiger partial charge on any atom is 0.255 e. The monoisotopic (exact) mass is 386 g/mol. The minimum atomic E-state index is -3.65. The first-order valence-electron chi connectivity index (χ1n) is 8.46. The standard InChI is InChI=1S/C17H26N2O4S2/c1-4-5-13(2)18-25(21,22)14-6-7-16(24-3)15(12-14)17(20)19-8-10-23-11-9-19/h6-7,12-13,18H,4-5,8-11H2,1-3H3. The average molecular weight is 387 g/mol. The molecular weight excluding hydrogens is 360 g/mol. The van der Waals surface area contributed by atoms with Crippen LogP contribution in [-0.4, -0.2) is 57.8 Å². The average Bonchev–Trinajstić information content (AvgIpc) is 2.61. The Bertz CT molecular complexity index is 701. The van der Waals surface area contributed by atoms with E-state index in [0.29, 0.717) is 31.9 Å². The first kappa shape index (κ1) is 20.2. The van der Waals surface area contributed by atoms with Gasteiger partial charge in [-0.1, -0.05) is 13.3 Å². The van der Waals surface area contributed by atoms with E-state index in [-0.39, 0.29) is 16.8 Å². The first-order valence-corrected chi connectivity index (χ1v) is 11.2. The van der Waals surface area contributed by atoms with Gasteiger partial charge in [-0.05, 0) is 37.8 Å². The summed E-state index contributed by atoms with van der Waals surface area (Å²) >= 11 is 1.44. The molecule has 6 nitrogen and oxygen atoms in total. The summed E-state index contributed by atoms with van der Waals surface area (Å²) in [6.45, 7) is 5.92. The van der Waals surface area contributed by atoms with Gasteiger partial charge in [-0.2, -0.15) is 0 Å². The zero-order valence-corrected chi connectivity index (χ0v) is 16.6. The van der Waals surface area contributed by atoms with E-state index in [0.717, 1.165) is 17.7 Å². The fourth-order valence-corrected chi connectivity index (χ4v) is 4.66. The van der Waals surface area contributed by atoms with Crippen LogP contribution in [0.3, 0.4) is 0 Å². The lowest BCUT2D eigenvalue weighted by Crippen LogP contribution is -2.41. The molecule has 0 spiro atoms. The third-order valence-electron chi connectivity index (χ3n) is 4.09. The Hall–Kier alpha value is -1.09. The van der Waals surface area contributed by atoms with Crippen molar-refractivity contribution in [3.05, 3.63) is 23.8 Å². The number of nitrogens with one attached hydrogen (secondary N) is 1. The summed E-state index contributed by atoms with van der Waals surface area (Å²) in [6.07, 6.45) is 3.54. The molecule has 0 saturated carbocycles. The van der Waals surface area contributed by atoms with Crippen LogP contribution in [0.25, 0.3) is 0 Å². The Kier molecular flexibility index (Phi) is 7.30. The van der Waals surface area contributed by atoms with Crippen LogP contribution in [-0.2, 0) is 14.8 Å². The van der Waals surface area contributed by atoms with E-state index in [4.69, 9.17) is 4.74 Å². The van der Waals surface area contributed by atoms with Gasteiger partial charge in [-0.15, -0.1) is 11.8 Å². The molecule has 1 fully saturated rings. The molecule has 1 amide bonds. The van der Waals surface area contributed by atoms with Crippen LogP contribution < -0.4 is 4.72 Å². The van der Waals surface area contributed by atoms with E-state index < -0.39 is 10.0 Å². The van der Waals surface area contributed by atoms with E-state index in [1.807, 2.05) is 20.1 Å². The lowest BCUT2D eigenvalue weighted by molar-refractivity contribution is 0.0300. The van der Waals surface area contributed by atoms with Crippen LogP contribution in [0.4, 0.5) is 0 Å².